The number of amides is 1. The lowest BCUT2D eigenvalue weighted by Crippen LogP contribution is -2.47. The van der Waals surface area contributed by atoms with Crippen molar-refractivity contribution in [3.05, 3.63) is 53.9 Å². The van der Waals surface area contributed by atoms with Crippen LogP contribution in [0.4, 0.5) is 0 Å². The van der Waals surface area contributed by atoms with Crippen LogP contribution in [0.3, 0.4) is 0 Å². The number of hydrogen-bond donors (Lipinski definition) is 2. The zero-order chi connectivity index (χ0) is 17.5. The number of nitrogens with zero attached hydrogens (tertiary/aromatic N) is 2. The Morgan fingerprint density at radius 2 is 2.12 bits per heavy atom. The van der Waals surface area contributed by atoms with Gasteiger partial charge in [-0.25, -0.2) is 0 Å². The summed E-state index contributed by atoms with van der Waals surface area (Å²) in [5.41, 5.74) is 1.70. The molecule has 0 atom stereocenters. The highest BCUT2D eigenvalue weighted by Gasteiger charge is 2.32. The average molecular weight is 342 g/mol. The molecular formula is C19H26N4O2. The van der Waals surface area contributed by atoms with Gasteiger partial charge in [0.2, 0.25) is 0 Å². The van der Waals surface area contributed by atoms with Crippen molar-refractivity contribution in [2.75, 3.05) is 33.4 Å². The molecule has 134 valence electrons. The van der Waals surface area contributed by atoms with Crippen molar-refractivity contribution in [1.29, 1.82) is 0 Å². The van der Waals surface area contributed by atoms with Gasteiger partial charge in [0.15, 0.2) is 0 Å². The van der Waals surface area contributed by atoms with Crippen molar-refractivity contribution in [2.24, 2.45) is 5.41 Å². The summed E-state index contributed by atoms with van der Waals surface area (Å²) in [6, 6.07) is 9.59. The molecule has 0 aliphatic carbocycles. The lowest BCUT2D eigenvalue weighted by molar-refractivity contribution is 0.0511. The molecule has 1 saturated heterocycles. The summed E-state index contributed by atoms with van der Waals surface area (Å²) in [4.78, 5) is 12.8. The van der Waals surface area contributed by atoms with Crippen LogP contribution in [0.15, 0.2) is 42.7 Å². The summed E-state index contributed by atoms with van der Waals surface area (Å²) in [5, 5.41) is 10.7. The second-order valence-corrected chi connectivity index (χ2v) is 6.73. The molecule has 0 spiro atoms. The normalized spacial score (nSPS) is 16.5. The van der Waals surface area contributed by atoms with Gasteiger partial charge in [-0.15, -0.1) is 0 Å². The second kappa shape index (κ2) is 8.27. The quantitative estimate of drug-likeness (QED) is 0.803. The van der Waals surface area contributed by atoms with Crippen LogP contribution < -0.4 is 10.6 Å². The van der Waals surface area contributed by atoms with Crippen LogP contribution in [0.25, 0.3) is 0 Å². The number of piperidine rings is 1. The van der Waals surface area contributed by atoms with Crippen molar-refractivity contribution in [1.82, 2.24) is 20.4 Å². The Balaban J connectivity index is 1.68. The molecule has 0 bridgehead atoms. The third-order valence-electron chi connectivity index (χ3n) is 4.89. The Labute approximate surface area is 148 Å². The fourth-order valence-corrected chi connectivity index (χ4v) is 3.45. The highest BCUT2D eigenvalue weighted by atomic mass is 16.5. The zero-order valence-corrected chi connectivity index (χ0v) is 14.7. The van der Waals surface area contributed by atoms with E-state index in [1.165, 1.54) is 0 Å². The molecule has 6 nitrogen and oxygen atoms in total. The molecular weight excluding hydrogens is 316 g/mol. The molecule has 1 aromatic carbocycles. The summed E-state index contributed by atoms with van der Waals surface area (Å²) >= 11 is 0. The molecule has 6 heteroatoms. The van der Waals surface area contributed by atoms with Gasteiger partial charge in [-0.05, 0) is 43.6 Å². The molecule has 2 heterocycles. The fraction of sp³-hybridized carbons (Fsp3) is 0.474. The number of carbonyl (C=O) groups excluding carboxylic acids is 1. The van der Waals surface area contributed by atoms with Gasteiger partial charge >= 0.3 is 0 Å². The van der Waals surface area contributed by atoms with Crippen LogP contribution in [0.2, 0.25) is 0 Å². The summed E-state index contributed by atoms with van der Waals surface area (Å²) in [7, 11) is 1.73. The molecule has 1 aliphatic rings. The molecule has 2 N–H and O–H groups in total. The largest absolute Gasteiger partial charge is 0.384 e. The smallest absolute Gasteiger partial charge is 0.251 e. The van der Waals surface area contributed by atoms with Gasteiger partial charge < -0.3 is 15.4 Å². The van der Waals surface area contributed by atoms with Gasteiger partial charge in [-0.3, -0.25) is 9.48 Å². The lowest BCUT2D eigenvalue weighted by atomic mass is 9.79. The van der Waals surface area contributed by atoms with Crippen LogP contribution >= 0.6 is 0 Å². The number of carbonyl (C=O) groups is 1. The Kier molecular flexibility index (Phi) is 5.83. The minimum Gasteiger partial charge on any atom is -0.384 e. The van der Waals surface area contributed by atoms with Crippen molar-refractivity contribution >= 4 is 5.91 Å². The molecule has 3 rings (SSSR count). The first-order valence-electron chi connectivity index (χ1n) is 8.76. The first-order chi connectivity index (χ1) is 12.2. The van der Waals surface area contributed by atoms with Crippen molar-refractivity contribution < 1.29 is 9.53 Å². The maximum Gasteiger partial charge on any atom is 0.251 e. The molecule has 1 aromatic heterocycles. The van der Waals surface area contributed by atoms with E-state index in [2.05, 4.69) is 15.7 Å². The molecule has 2 aromatic rings. The van der Waals surface area contributed by atoms with Gasteiger partial charge in [0.1, 0.15) is 0 Å². The molecule has 0 radical (unpaired) electrons. The maximum atomic E-state index is 12.8. The van der Waals surface area contributed by atoms with Crippen LogP contribution in [0.5, 0.6) is 0 Å². The predicted octanol–water partition coefficient (Wildman–Crippen LogP) is 1.68. The number of aromatic nitrogens is 2. The molecule has 1 aliphatic heterocycles. The lowest BCUT2D eigenvalue weighted by Gasteiger charge is -2.37. The number of rotatable bonds is 7. The molecule has 25 heavy (non-hydrogen) atoms. The standard InChI is InChI=1S/C19H26N4O2/c1-25-15-19(7-10-20-11-8-19)14-21-18(24)17-6-3-2-5-16(17)13-23-12-4-9-22-23/h2-6,9,12,20H,7-8,10-11,13-15H2,1H3,(H,21,24). The van der Waals surface area contributed by atoms with E-state index in [1.807, 2.05) is 41.2 Å². The van der Waals surface area contributed by atoms with Crippen LogP contribution in [-0.4, -0.2) is 49.0 Å². The van der Waals surface area contributed by atoms with E-state index in [0.29, 0.717) is 25.3 Å². The van der Waals surface area contributed by atoms with Gasteiger partial charge in [0, 0.05) is 37.0 Å². The van der Waals surface area contributed by atoms with E-state index in [-0.39, 0.29) is 11.3 Å². The molecule has 1 fully saturated rings. The van der Waals surface area contributed by atoms with E-state index < -0.39 is 0 Å². The molecule has 1 amide bonds. The third-order valence-corrected chi connectivity index (χ3v) is 4.89. The first kappa shape index (κ1) is 17.6. The Bertz CT molecular complexity index is 673. The number of ether oxygens (including phenoxy) is 1. The monoisotopic (exact) mass is 342 g/mol. The highest BCUT2D eigenvalue weighted by molar-refractivity contribution is 5.95. The average Bonchev–Trinajstić information content (AvgIpc) is 3.14. The van der Waals surface area contributed by atoms with Crippen LogP contribution in [0, 0.1) is 5.41 Å². The number of nitrogens with one attached hydrogen (secondary N) is 2. The van der Waals surface area contributed by atoms with Gasteiger partial charge in [-0.2, -0.15) is 5.10 Å². The van der Waals surface area contributed by atoms with Crippen molar-refractivity contribution in [2.45, 2.75) is 19.4 Å². The minimum atomic E-state index is -0.0308. The third kappa shape index (κ3) is 4.46. The summed E-state index contributed by atoms with van der Waals surface area (Å²) in [6.45, 7) is 3.83. The predicted molar refractivity (Wildman–Crippen MR) is 96.5 cm³/mol. The molecule has 0 unspecified atom stereocenters. The number of hydrogen-bond acceptors (Lipinski definition) is 4. The van der Waals surface area contributed by atoms with Gasteiger partial charge in [-0.1, -0.05) is 18.2 Å². The summed E-state index contributed by atoms with van der Waals surface area (Å²) in [5.74, 6) is -0.0308. The van der Waals surface area contributed by atoms with Gasteiger partial charge in [0.05, 0.1) is 13.2 Å². The zero-order valence-electron chi connectivity index (χ0n) is 14.7. The SMILES string of the molecule is COCC1(CNC(=O)c2ccccc2Cn2cccn2)CCNCC1. The Morgan fingerprint density at radius 1 is 1.32 bits per heavy atom. The second-order valence-electron chi connectivity index (χ2n) is 6.73. The maximum absolute atomic E-state index is 12.8. The van der Waals surface area contributed by atoms with Crippen LogP contribution in [0.1, 0.15) is 28.8 Å². The Hall–Kier alpha value is -2.18. The Morgan fingerprint density at radius 3 is 2.84 bits per heavy atom. The summed E-state index contributed by atoms with van der Waals surface area (Å²) < 4.78 is 7.25. The van der Waals surface area contributed by atoms with Crippen LogP contribution in [-0.2, 0) is 11.3 Å². The van der Waals surface area contributed by atoms with Gasteiger partial charge in [0.25, 0.3) is 5.91 Å². The fourth-order valence-electron chi connectivity index (χ4n) is 3.45. The van der Waals surface area contributed by atoms with E-state index in [9.17, 15) is 4.79 Å². The van der Waals surface area contributed by atoms with E-state index in [0.717, 1.165) is 31.5 Å². The molecule has 0 saturated carbocycles. The van der Waals surface area contributed by atoms with Crippen molar-refractivity contribution in [3.63, 3.8) is 0 Å². The highest BCUT2D eigenvalue weighted by Crippen LogP contribution is 2.28. The minimum absolute atomic E-state index is 0.0204. The van der Waals surface area contributed by atoms with E-state index >= 15 is 0 Å². The first-order valence-corrected chi connectivity index (χ1v) is 8.76. The van der Waals surface area contributed by atoms with E-state index in [1.54, 1.807) is 13.3 Å². The number of methoxy groups -OCH3 is 1. The van der Waals surface area contributed by atoms with Crippen molar-refractivity contribution in [3.8, 4) is 0 Å². The topological polar surface area (TPSA) is 68.2 Å². The summed E-state index contributed by atoms with van der Waals surface area (Å²) in [6.07, 6.45) is 5.66. The number of benzene rings is 1. The van der Waals surface area contributed by atoms with E-state index in [4.69, 9.17) is 4.74 Å².